The number of nitrogens with one attached hydrogen (secondary N) is 1. The van der Waals surface area contributed by atoms with Crippen LogP contribution in [0, 0.1) is 0 Å². The van der Waals surface area contributed by atoms with Crippen LogP contribution in [0.3, 0.4) is 0 Å². The van der Waals surface area contributed by atoms with Crippen molar-refractivity contribution >= 4 is 50.8 Å². The van der Waals surface area contributed by atoms with Crippen molar-refractivity contribution in [3.05, 3.63) is 62.5 Å². The molecule has 0 saturated carbocycles. The van der Waals surface area contributed by atoms with E-state index in [1.54, 1.807) is 31.2 Å². The third kappa shape index (κ3) is 3.51. The average Bonchev–Trinajstić information content (AvgIpc) is 2.38. The Hall–Kier alpha value is -1.23. The van der Waals surface area contributed by atoms with Gasteiger partial charge in [-0.05, 0) is 37.3 Å². The Morgan fingerprint density at radius 2 is 1.95 bits per heavy atom. The van der Waals surface area contributed by atoms with E-state index in [0.29, 0.717) is 21.3 Å². The monoisotopic (exact) mass is 387 g/mol. The third-order valence-corrected chi connectivity index (χ3v) is 4.16. The van der Waals surface area contributed by atoms with Gasteiger partial charge in [0, 0.05) is 25.8 Å². The molecule has 0 bridgehead atoms. The number of benzene rings is 2. The highest BCUT2D eigenvalue weighted by Crippen LogP contribution is 2.34. The minimum absolute atomic E-state index is 0.301. The van der Waals surface area contributed by atoms with Crippen LogP contribution in [-0.2, 0) is 10.3 Å². The van der Waals surface area contributed by atoms with Gasteiger partial charge in [0.05, 0.1) is 0 Å². The van der Waals surface area contributed by atoms with Crippen molar-refractivity contribution in [3.63, 3.8) is 0 Å². The fourth-order valence-electron chi connectivity index (χ4n) is 1.99. The SMILES string of the molecule is CC(Nc1cccc(Br)c1)(C(=O)O)c1ccc(Cl)cc1Cl. The average molecular weight is 389 g/mol. The van der Waals surface area contributed by atoms with Gasteiger partial charge in [0.2, 0.25) is 0 Å². The molecule has 0 amide bonds. The zero-order valence-corrected chi connectivity index (χ0v) is 14.1. The Morgan fingerprint density at radius 3 is 2.52 bits per heavy atom. The second-order valence-electron chi connectivity index (χ2n) is 4.69. The maximum Gasteiger partial charge on any atom is 0.333 e. The lowest BCUT2D eigenvalue weighted by Crippen LogP contribution is -2.40. The summed E-state index contributed by atoms with van der Waals surface area (Å²) in [7, 11) is 0. The number of carboxylic acids is 1. The fraction of sp³-hybridized carbons (Fsp3) is 0.133. The number of hydrogen-bond acceptors (Lipinski definition) is 2. The predicted molar refractivity (Wildman–Crippen MR) is 89.2 cm³/mol. The van der Waals surface area contributed by atoms with E-state index in [2.05, 4.69) is 21.2 Å². The molecule has 110 valence electrons. The van der Waals surface area contributed by atoms with E-state index in [9.17, 15) is 9.90 Å². The van der Waals surface area contributed by atoms with Crippen LogP contribution >= 0.6 is 39.1 Å². The number of carbonyl (C=O) groups is 1. The molecule has 1 atom stereocenters. The smallest absolute Gasteiger partial charge is 0.333 e. The van der Waals surface area contributed by atoms with Crippen LogP contribution < -0.4 is 5.32 Å². The molecule has 0 aliphatic heterocycles. The Labute approximate surface area is 141 Å². The molecular formula is C15H12BrCl2NO2. The van der Waals surface area contributed by atoms with Crippen molar-refractivity contribution < 1.29 is 9.90 Å². The quantitative estimate of drug-likeness (QED) is 0.759. The van der Waals surface area contributed by atoms with Gasteiger partial charge in [0.15, 0.2) is 5.54 Å². The van der Waals surface area contributed by atoms with Gasteiger partial charge in [0.1, 0.15) is 0 Å². The maximum atomic E-state index is 11.8. The Bertz CT molecular complexity index is 693. The van der Waals surface area contributed by atoms with Crippen molar-refractivity contribution in [2.75, 3.05) is 5.32 Å². The third-order valence-electron chi connectivity index (χ3n) is 3.12. The molecule has 6 heteroatoms. The van der Waals surface area contributed by atoms with Crippen molar-refractivity contribution in [3.8, 4) is 0 Å². The first-order valence-electron chi connectivity index (χ1n) is 6.05. The summed E-state index contributed by atoms with van der Waals surface area (Å²) in [4.78, 5) is 11.8. The Kier molecular flexibility index (Phi) is 4.81. The molecule has 0 aromatic heterocycles. The fourth-order valence-corrected chi connectivity index (χ4v) is 2.98. The van der Waals surface area contributed by atoms with Gasteiger partial charge < -0.3 is 10.4 Å². The van der Waals surface area contributed by atoms with E-state index in [4.69, 9.17) is 23.2 Å². The van der Waals surface area contributed by atoms with Crippen LogP contribution in [0.15, 0.2) is 46.9 Å². The van der Waals surface area contributed by atoms with Crippen molar-refractivity contribution in [1.29, 1.82) is 0 Å². The van der Waals surface area contributed by atoms with E-state index >= 15 is 0 Å². The molecule has 1 unspecified atom stereocenters. The second kappa shape index (κ2) is 6.26. The highest BCUT2D eigenvalue weighted by Gasteiger charge is 2.37. The number of halogens is 3. The lowest BCUT2D eigenvalue weighted by atomic mass is 9.91. The summed E-state index contributed by atoms with van der Waals surface area (Å²) in [6, 6.07) is 12.0. The van der Waals surface area contributed by atoms with E-state index in [1.807, 2.05) is 12.1 Å². The number of anilines is 1. The molecule has 0 heterocycles. The zero-order chi connectivity index (χ0) is 15.6. The number of carboxylic acid groups (broad SMARTS) is 1. The highest BCUT2D eigenvalue weighted by atomic mass is 79.9. The molecule has 0 fully saturated rings. The topological polar surface area (TPSA) is 49.3 Å². The minimum atomic E-state index is -1.37. The molecular weight excluding hydrogens is 377 g/mol. The first kappa shape index (κ1) is 16.1. The van der Waals surface area contributed by atoms with E-state index in [1.165, 1.54) is 6.07 Å². The molecule has 3 nitrogen and oxygen atoms in total. The molecule has 0 spiro atoms. The van der Waals surface area contributed by atoms with E-state index in [0.717, 1.165) is 4.47 Å². The van der Waals surface area contributed by atoms with Crippen LogP contribution in [0.25, 0.3) is 0 Å². The Balaban J connectivity index is 2.48. The standard InChI is InChI=1S/C15H12BrCl2NO2/c1-15(14(20)21,12-6-5-10(17)8-13(12)18)19-11-4-2-3-9(16)7-11/h2-8,19H,1H3,(H,20,21). The Morgan fingerprint density at radius 1 is 1.24 bits per heavy atom. The molecule has 2 rings (SSSR count). The molecule has 2 N–H and O–H groups in total. The van der Waals surface area contributed by atoms with Gasteiger partial charge in [-0.2, -0.15) is 0 Å². The normalized spacial score (nSPS) is 13.5. The van der Waals surface area contributed by atoms with Crippen molar-refractivity contribution in [2.24, 2.45) is 0 Å². The van der Waals surface area contributed by atoms with Gasteiger partial charge in [-0.1, -0.05) is 51.3 Å². The first-order chi connectivity index (χ1) is 9.83. The zero-order valence-electron chi connectivity index (χ0n) is 11.0. The molecule has 0 aliphatic rings. The first-order valence-corrected chi connectivity index (χ1v) is 7.60. The number of hydrogen-bond donors (Lipinski definition) is 2. The molecule has 0 saturated heterocycles. The van der Waals surface area contributed by atoms with Crippen LogP contribution in [-0.4, -0.2) is 11.1 Å². The molecule has 2 aromatic rings. The van der Waals surface area contributed by atoms with Crippen molar-refractivity contribution in [2.45, 2.75) is 12.5 Å². The van der Waals surface area contributed by atoms with E-state index < -0.39 is 11.5 Å². The van der Waals surface area contributed by atoms with Crippen LogP contribution in [0.5, 0.6) is 0 Å². The maximum absolute atomic E-state index is 11.8. The van der Waals surface area contributed by atoms with Gasteiger partial charge in [-0.3, -0.25) is 0 Å². The second-order valence-corrected chi connectivity index (χ2v) is 6.45. The summed E-state index contributed by atoms with van der Waals surface area (Å²) in [6.45, 7) is 1.56. The molecule has 0 radical (unpaired) electrons. The minimum Gasteiger partial charge on any atom is -0.479 e. The number of aliphatic carboxylic acids is 1. The molecule has 21 heavy (non-hydrogen) atoms. The van der Waals surface area contributed by atoms with Crippen LogP contribution in [0.4, 0.5) is 5.69 Å². The molecule has 0 aliphatic carbocycles. The molecule has 2 aromatic carbocycles. The van der Waals surface area contributed by atoms with Crippen molar-refractivity contribution in [1.82, 2.24) is 0 Å². The van der Waals surface area contributed by atoms with Gasteiger partial charge >= 0.3 is 5.97 Å². The van der Waals surface area contributed by atoms with Gasteiger partial charge in [-0.15, -0.1) is 0 Å². The van der Waals surface area contributed by atoms with Crippen LogP contribution in [0.2, 0.25) is 10.0 Å². The number of rotatable bonds is 4. The van der Waals surface area contributed by atoms with Gasteiger partial charge in [-0.25, -0.2) is 4.79 Å². The largest absolute Gasteiger partial charge is 0.479 e. The lowest BCUT2D eigenvalue weighted by molar-refractivity contribution is -0.142. The summed E-state index contributed by atoms with van der Waals surface area (Å²) in [6.07, 6.45) is 0. The highest BCUT2D eigenvalue weighted by molar-refractivity contribution is 9.10. The van der Waals surface area contributed by atoms with Gasteiger partial charge in [0.25, 0.3) is 0 Å². The van der Waals surface area contributed by atoms with E-state index in [-0.39, 0.29) is 0 Å². The van der Waals surface area contributed by atoms with Crippen LogP contribution in [0.1, 0.15) is 12.5 Å². The summed E-state index contributed by atoms with van der Waals surface area (Å²) >= 11 is 15.4. The summed E-state index contributed by atoms with van der Waals surface area (Å²) < 4.78 is 0.849. The lowest BCUT2D eigenvalue weighted by Gasteiger charge is -2.29. The summed E-state index contributed by atoms with van der Waals surface area (Å²) in [5.74, 6) is -1.04. The predicted octanol–water partition coefficient (Wildman–Crippen LogP) is 5.17. The summed E-state index contributed by atoms with van der Waals surface area (Å²) in [5, 5.41) is 13.4. The summed E-state index contributed by atoms with van der Waals surface area (Å²) in [5.41, 5.74) is -0.260.